The lowest BCUT2D eigenvalue weighted by atomic mass is 9.54. The maximum Gasteiger partial charge on any atom is 0.240 e. The standard InChI is InChI=1S/C18H36N4O2.3ClH/c1-6-21-8-10-22(11-9-21)14(3)13-20-16(23)18(19)12-15(24-7-2)17(18,4)5;;;/h14-15H,6-13,19H2,1-5H3,(H,20,23);3*1H. The van der Waals surface area contributed by atoms with Gasteiger partial charge in [-0.05, 0) is 20.4 Å². The summed E-state index contributed by atoms with van der Waals surface area (Å²) in [7, 11) is 0. The first kappa shape index (κ1) is 29.4. The van der Waals surface area contributed by atoms with E-state index in [1.165, 1.54) is 0 Å². The third-order valence-electron chi connectivity index (χ3n) is 6.27. The van der Waals surface area contributed by atoms with Gasteiger partial charge in [0.1, 0.15) is 5.54 Å². The van der Waals surface area contributed by atoms with Crippen LogP contribution in [0.2, 0.25) is 0 Å². The summed E-state index contributed by atoms with van der Waals surface area (Å²) in [4.78, 5) is 17.6. The zero-order valence-corrected chi connectivity index (χ0v) is 19.8. The molecule has 0 aromatic heterocycles. The molecule has 0 aromatic rings. The lowest BCUT2D eigenvalue weighted by molar-refractivity contribution is -0.170. The molecule has 2 rings (SSSR count). The van der Waals surface area contributed by atoms with Gasteiger partial charge in [0.2, 0.25) is 5.91 Å². The van der Waals surface area contributed by atoms with Gasteiger partial charge in [-0.25, -0.2) is 0 Å². The average Bonchev–Trinajstić information content (AvgIpc) is 2.58. The molecule has 1 saturated heterocycles. The van der Waals surface area contributed by atoms with E-state index in [0.717, 1.165) is 32.7 Å². The maximum atomic E-state index is 12.7. The second kappa shape index (κ2) is 12.0. The van der Waals surface area contributed by atoms with Gasteiger partial charge >= 0.3 is 0 Å². The zero-order valence-electron chi connectivity index (χ0n) is 17.3. The number of amides is 1. The largest absolute Gasteiger partial charge is 0.378 e. The fraction of sp³-hybridized carbons (Fsp3) is 0.944. The Labute approximate surface area is 183 Å². The molecular weight excluding hydrogens is 411 g/mol. The molecular formula is C18H39Cl3N4O2. The van der Waals surface area contributed by atoms with Crippen molar-refractivity contribution in [3.8, 4) is 0 Å². The van der Waals surface area contributed by atoms with Crippen molar-refractivity contribution in [2.45, 2.75) is 58.7 Å². The van der Waals surface area contributed by atoms with Gasteiger partial charge in [0.05, 0.1) is 6.10 Å². The molecule has 0 spiro atoms. The zero-order chi connectivity index (χ0) is 18.0. The highest BCUT2D eigenvalue weighted by molar-refractivity contribution is 5.88. The summed E-state index contributed by atoms with van der Waals surface area (Å²) in [6.07, 6.45) is 0.668. The maximum absolute atomic E-state index is 12.7. The molecule has 164 valence electrons. The van der Waals surface area contributed by atoms with Crippen molar-refractivity contribution in [1.29, 1.82) is 0 Å². The lowest BCUT2D eigenvalue weighted by Gasteiger charge is -2.57. The number of piperazine rings is 1. The SMILES string of the molecule is CCOC1CC(N)(C(=O)NCC(C)N2CCN(CC)CC2)C1(C)C.Cl.Cl.Cl. The Morgan fingerprint density at radius 3 is 2.19 bits per heavy atom. The first-order valence-electron chi connectivity index (χ1n) is 9.41. The molecule has 2 aliphatic rings. The fourth-order valence-electron chi connectivity index (χ4n) is 3.87. The summed E-state index contributed by atoms with van der Waals surface area (Å²) < 4.78 is 5.71. The number of carbonyl (C=O) groups excluding carboxylic acids is 1. The molecule has 3 atom stereocenters. The predicted molar refractivity (Wildman–Crippen MR) is 119 cm³/mol. The summed E-state index contributed by atoms with van der Waals surface area (Å²) in [6.45, 7) is 17.2. The molecule has 0 radical (unpaired) electrons. The van der Waals surface area contributed by atoms with Crippen LogP contribution in [0.15, 0.2) is 0 Å². The van der Waals surface area contributed by atoms with Gasteiger partial charge < -0.3 is 20.7 Å². The van der Waals surface area contributed by atoms with Gasteiger partial charge in [-0.1, -0.05) is 20.8 Å². The molecule has 3 N–H and O–H groups in total. The molecule has 2 fully saturated rings. The predicted octanol–water partition coefficient (Wildman–Crippen LogP) is 1.93. The van der Waals surface area contributed by atoms with E-state index in [-0.39, 0.29) is 54.6 Å². The topological polar surface area (TPSA) is 70.8 Å². The van der Waals surface area contributed by atoms with E-state index < -0.39 is 5.54 Å². The number of halogens is 3. The summed E-state index contributed by atoms with van der Waals surface area (Å²) in [5.41, 5.74) is 5.28. The van der Waals surface area contributed by atoms with Crippen LogP contribution in [0, 0.1) is 5.41 Å². The number of nitrogens with zero attached hydrogens (tertiary/aromatic N) is 2. The third kappa shape index (κ3) is 6.08. The number of rotatable bonds is 7. The van der Waals surface area contributed by atoms with Crippen molar-refractivity contribution < 1.29 is 9.53 Å². The van der Waals surface area contributed by atoms with E-state index in [4.69, 9.17) is 10.5 Å². The molecule has 1 saturated carbocycles. The van der Waals surface area contributed by atoms with Gasteiger partial charge in [-0.2, -0.15) is 0 Å². The number of nitrogens with one attached hydrogen (secondary N) is 1. The molecule has 0 aromatic carbocycles. The first-order valence-corrected chi connectivity index (χ1v) is 9.41. The number of hydrogen-bond donors (Lipinski definition) is 2. The highest BCUT2D eigenvalue weighted by Crippen LogP contribution is 2.49. The van der Waals surface area contributed by atoms with Crippen molar-refractivity contribution in [3.63, 3.8) is 0 Å². The van der Waals surface area contributed by atoms with E-state index in [1.54, 1.807) is 0 Å². The molecule has 0 bridgehead atoms. The van der Waals surface area contributed by atoms with Gasteiger partial charge in [0, 0.05) is 57.2 Å². The Morgan fingerprint density at radius 2 is 1.74 bits per heavy atom. The minimum absolute atomic E-state index is 0. The molecule has 27 heavy (non-hydrogen) atoms. The van der Waals surface area contributed by atoms with Crippen LogP contribution < -0.4 is 11.1 Å². The van der Waals surface area contributed by atoms with Gasteiger partial charge in [0.15, 0.2) is 0 Å². The smallest absolute Gasteiger partial charge is 0.240 e. The second-order valence-corrected chi connectivity index (χ2v) is 7.87. The van der Waals surface area contributed by atoms with E-state index in [1.807, 2.05) is 20.8 Å². The molecule has 9 heteroatoms. The van der Waals surface area contributed by atoms with Gasteiger partial charge in [0.25, 0.3) is 0 Å². The minimum atomic E-state index is -0.826. The first-order chi connectivity index (χ1) is 11.3. The van der Waals surface area contributed by atoms with Crippen LogP contribution in [0.25, 0.3) is 0 Å². The van der Waals surface area contributed by atoms with Crippen molar-refractivity contribution in [2.75, 3.05) is 45.9 Å². The molecule has 3 unspecified atom stereocenters. The van der Waals surface area contributed by atoms with E-state index in [9.17, 15) is 4.79 Å². The van der Waals surface area contributed by atoms with Crippen LogP contribution in [0.4, 0.5) is 0 Å². The van der Waals surface area contributed by atoms with Crippen LogP contribution in [-0.2, 0) is 9.53 Å². The normalized spacial score (nSPS) is 28.6. The number of nitrogens with two attached hydrogens (primary N) is 1. The number of hydrogen-bond acceptors (Lipinski definition) is 5. The molecule has 6 nitrogen and oxygen atoms in total. The number of ether oxygens (including phenoxy) is 1. The monoisotopic (exact) mass is 448 g/mol. The van der Waals surface area contributed by atoms with Crippen molar-refractivity contribution in [1.82, 2.24) is 15.1 Å². The molecule has 1 aliphatic carbocycles. The second-order valence-electron chi connectivity index (χ2n) is 7.87. The number of carbonyl (C=O) groups is 1. The summed E-state index contributed by atoms with van der Waals surface area (Å²) in [6, 6.07) is 0.336. The lowest BCUT2D eigenvalue weighted by Crippen LogP contribution is -2.76. The van der Waals surface area contributed by atoms with Crippen molar-refractivity contribution in [3.05, 3.63) is 0 Å². The fourth-order valence-corrected chi connectivity index (χ4v) is 3.87. The van der Waals surface area contributed by atoms with Crippen LogP contribution >= 0.6 is 37.2 Å². The summed E-state index contributed by atoms with van der Waals surface area (Å²) in [5, 5.41) is 3.09. The average molecular weight is 450 g/mol. The highest BCUT2D eigenvalue weighted by atomic mass is 35.5. The van der Waals surface area contributed by atoms with Crippen molar-refractivity contribution >= 4 is 43.1 Å². The molecule has 1 aliphatic heterocycles. The number of likely N-dealkylation sites (N-methyl/N-ethyl adjacent to an activating group) is 1. The van der Waals surface area contributed by atoms with E-state index in [0.29, 0.717) is 25.6 Å². The van der Waals surface area contributed by atoms with Crippen LogP contribution in [0.5, 0.6) is 0 Å². The summed E-state index contributed by atoms with van der Waals surface area (Å²) >= 11 is 0. The quantitative estimate of drug-likeness (QED) is 0.621. The molecule has 1 heterocycles. The van der Waals surface area contributed by atoms with Crippen molar-refractivity contribution in [2.24, 2.45) is 11.1 Å². The Balaban J connectivity index is 0. The van der Waals surface area contributed by atoms with Crippen LogP contribution in [0.1, 0.15) is 41.0 Å². The van der Waals surface area contributed by atoms with Gasteiger partial charge in [-0.3, -0.25) is 9.69 Å². The minimum Gasteiger partial charge on any atom is -0.378 e. The van der Waals surface area contributed by atoms with Crippen LogP contribution in [-0.4, -0.2) is 79.3 Å². The van der Waals surface area contributed by atoms with Crippen LogP contribution in [0.3, 0.4) is 0 Å². The summed E-state index contributed by atoms with van der Waals surface area (Å²) in [5.74, 6) is -0.0394. The van der Waals surface area contributed by atoms with E-state index >= 15 is 0 Å². The Bertz CT molecular complexity index is 448. The highest BCUT2D eigenvalue weighted by Gasteiger charge is 2.62. The van der Waals surface area contributed by atoms with E-state index in [2.05, 4.69) is 29.0 Å². The molecule has 1 amide bonds. The Morgan fingerprint density at radius 1 is 1.19 bits per heavy atom. The Hall–Kier alpha value is 0.180. The third-order valence-corrected chi connectivity index (χ3v) is 6.27. The Kier molecular flexibility index (Phi) is 13.1. The van der Waals surface area contributed by atoms with Gasteiger partial charge in [-0.15, -0.1) is 37.2 Å².